The molecule has 1 aliphatic rings. The molecule has 1 atom stereocenters. The van der Waals surface area contributed by atoms with Crippen molar-refractivity contribution in [2.75, 3.05) is 19.6 Å². The maximum atomic E-state index is 11.8. The second-order valence-corrected chi connectivity index (χ2v) is 5.10. The van der Waals surface area contributed by atoms with Crippen molar-refractivity contribution in [3.63, 3.8) is 0 Å². The first-order valence-corrected chi connectivity index (χ1v) is 6.72. The monoisotopic (exact) mass is 268 g/mol. The lowest BCUT2D eigenvalue weighted by molar-refractivity contribution is -0.126. The Morgan fingerprint density at radius 2 is 2.50 bits per heavy atom. The molecule has 98 valence electrons. The van der Waals surface area contributed by atoms with Crippen LogP contribution in [0.1, 0.15) is 10.7 Å². The third-order valence-electron chi connectivity index (χ3n) is 2.63. The zero-order valence-corrected chi connectivity index (χ0v) is 11.0. The lowest BCUT2D eigenvalue weighted by Gasteiger charge is -2.23. The van der Waals surface area contributed by atoms with E-state index in [1.165, 1.54) is 0 Å². The minimum atomic E-state index is -0.333. The third-order valence-corrected chi connectivity index (χ3v) is 3.66. The number of nitrogens with zero attached hydrogens (tertiary/aromatic N) is 1. The van der Waals surface area contributed by atoms with Gasteiger partial charge in [-0.3, -0.25) is 14.9 Å². The Bertz CT molecular complexity index is 436. The molecule has 2 heterocycles. The Morgan fingerprint density at radius 1 is 1.67 bits per heavy atom. The maximum Gasteiger partial charge on any atom is 0.238 e. The summed E-state index contributed by atoms with van der Waals surface area (Å²) in [6, 6.07) is -0.333. The van der Waals surface area contributed by atoms with Crippen molar-refractivity contribution in [2.24, 2.45) is 0 Å². The molecular formula is C11H16N4O2S. The normalized spacial score (nSPS) is 19.4. The van der Waals surface area contributed by atoms with Crippen LogP contribution >= 0.6 is 11.3 Å². The van der Waals surface area contributed by atoms with E-state index in [0.29, 0.717) is 13.1 Å². The van der Waals surface area contributed by atoms with Gasteiger partial charge in [-0.15, -0.1) is 11.3 Å². The fraction of sp³-hybridized carbons (Fsp3) is 0.545. The highest BCUT2D eigenvalue weighted by molar-refractivity contribution is 7.09. The first-order valence-electron chi connectivity index (χ1n) is 5.84. The molecular weight excluding hydrogens is 252 g/mol. The molecule has 1 fully saturated rings. The van der Waals surface area contributed by atoms with Gasteiger partial charge in [-0.05, 0) is 6.92 Å². The van der Waals surface area contributed by atoms with Crippen LogP contribution in [0.2, 0.25) is 0 Å². The van der Waals surface area contributed by atoms with Crippen molar-refractivity contribution in [3.8, 4) is 0 Å². The summed E-state index contributed by atoms with van der Waals surface area (Å²) >= 11 is 1.60. The van der Waals surface area contributed by atoms with Crippen LogP contribution in [0.25, 0.3) is 0 Å². The summed E-state index contributed by atoms with van der Waals surface area (Å²) in [5.41, 5.74) is 1.01. The topological polar surface area (TPSA) is 83.1 Å². The molecule has 1 unspecified atom stereocenters. The third kappa shape index (κ3) is 3.51. The van der Waals surface area contributed by atoms with Gasteiger partial charge in [-0.1, -0.05) is 0 Å². The molecule has 6 nitrogen and oxygen atoms in total. The van der Waals surface area contributed by atoms with Crippen LogP contribution in [0.3, 0.4) is 0 Å². The molecule has 2 amide bonds. The highest BCUT2D eigenvalue weighted by Crippen LogP contribution is 2.08. The van der Waals surface area contributed by atoms with Gasteiger partial charge in [0, 0.05) is 30.6 Å². The van der Waals surface area contributed by atoms with Crippen LogP contribution in [0.15, 0.2) is 5.38 Å². The number of carbonyl (C=O) groups is 2. The van der Waals surface area contributed by atoms with Gasteiger partial charge in [0.2, 0.25) is 11.8 Å². The molecule has 0 aromatic carbocycles. The van der Waals surface area contributed by atoms with E-state index >= 15 is 0 Å². The molecule has 7 heteroatoms. The Morgan fingerprint density at radius 3 is 3.11 bits per heavy atom. The molecule has 1 aliphatic heterocycles. The summed E-state index contributed by atoms with van der Waals surface area (Å²) in [5.74, 6) is -0.152. The Kier molecular flexibility index (Phi) is 4.27. The van der Waals surface area contributed by atoms with Crippen LogP contribution in [0.5, 0.6) is 0 Å². The van der Waals surface area contributed by atoms with E-state index in [-0.39, 0.29) is 24.4 Å². The molecule has 1 aromatic rings. The lowest BCUT2D eigenvalue weighted by atomic mass is 10.2. The number of aryl methyl sites for hydroxylation is 1. The van der Waals surface area contributed by atoms with Gasteiger partial charge in [-0.25, -0.2) is 4.98 Å². The number of piperazine rings is 1. The summed E-state index contributed by atoms with van der Waals surface area (Å²) in [6.45, 7) is 3.07. The zero-order chi connectivity index (χ0) is 13.0. The van der Waals surface area contributed by atoms with E-state index in [1.807, 2.05) is 12.3 Å². The van der Waals surface area contributed by atoms with Crippen molar-refractivity contribution in [3.05, 3.63) is 16.1 Å². The highest BCUT2D eigenvalue weighted by atomic mass is 32.1. The second kappa shape index (κ2) is 5.92. The minimum absolute atomic E-state index is 0.0719. The number of hydrogen-bond acceptors (Lipinski definition) is 5. The number of rotatable bonds is 4. The van der Waals surface area contributed by atoms with Gasteiger partial charge in [0.05, 0.1) is 11.6 Å². The lowest BCUT2D eigenvalue weighted by Crippen LogP contribution is -2.58. The smallest absolute Gasteiger partial charge is 0.238 e. The summed E-state index contributed by atoms with van der Waals surface area (Å²) in [5, 5.41) is 11.4. The fourth-order valence-corrected chi connectivity index (χ4v) is 2.46. The standard InChI is InChI=1S/C11H16N4O2S/c1-7-6-18-10(15-7)2-3-12-11(17)8-4-14-9(16)5-13-8/h6,8,13H,2-5H2,1H3,(H,12,17)(H,14,16). The second-order valence-electron chi connectivity index (χ2n) is 4.16. The van der Waals surface area contributed by atoms with Crippen LogP contribution < -0.4 is 16.0 Å². The molecule has 3 N–H and O–H groups in total. The maximum absolute atomic E-state index is 11.8. The summed E-state index contributed by atoms with van der Waals surface area (Å²) < 4.78 is 0. The number of amides is 2. The average molecular weight is 268 g/mol. The van der Waals surface area contributed by atoms with E-state index in [2.05, 4.69) is 20.9 Å². The summed E-state index contributed by atoms with van der Waals surface area (Å²) in [6.07, 6.45) is 0.739. The molecule has 0 spiro atoms. The average Bonchev–Trinajstić information content (AvgIpc) is 2.76. The summed E-state index contributed by atoms with van der Waals surface area (Å²) in [4.78, 5) is 27.0. The van der Waals surface area contributed by atoms with E-state index < -0.39 is 0 Å². The van der Waals surface area contributed by atoms with E-state index in [0.717, 1.165) is 17.1 Å². The Balaban J connectivity index is 1.70. The van der Waals surface area contributed by atoms with Gasteiger partial charge >= 0.3 is 0 Å². The van der Waals surface area contributed by atoms with E-state index in [9.17, 15) is 9.59 Å². The molecule has 1 aromatic heterocycles. The van der Waals surface area contributed by atoms with Crippen LogP contribution in [-0.4, -0.2) is 42.5 Å². The predicted octanol–water partition coefficient (Wildman–Crippen LogP) is -0.802. The SMILES string of the molecule is Cc1csc(CCNC(=O)C2CNC(=O)CN2)n1. The number of aromatic nitrogens is 1. The number of carbonyl (C=O) groups excluding carboxylic acids is 2. The molecule has 18 heavy (non-hydrogen) atoms. The molecule has 0 bridgehead atoms. The van der Waals surface area contributed by atoms with Gasteiger partial charge in [0.25, 0.3) is 0 Å². The van der Waals surface area contributed by atoms with Crippen LogP contribution in [0, 0.1) is 6.92 Å². The van der Waals surface area contributed by atoms with Crippen LogP contribution in [-0.2, 0) is 16.0 Å². The van der Waals surface area contributed by atoms with E-state index in [4.69, 9.17) is 0 Å². The van der Waals surface area contributed by atoms with Gasteiger partial charge < -0.3 is 10.6 Å². The molecule has 0 aliphatic carbocycles. The predicted molar refractivity (Wildman–Crippen MR) is 68.4 cm³/mol. The Labute approximate surface area is 109 Å². The van der Waals surface area contributed by atoms with Crippen molar-refractivity contribution in [2.45, 2.75) is 19.4 Å². The van der Waals surface area contributed by atoms with Gasteiger partial charge in [0.15, 0.2) is 0 Å². The Hall–Kier alpha value is -1.47. The molecule has 2 rings (SSSR count). The van der Waals surface area contributed by atoms with Crippen molar-refractivity contribution < 1.29 is 9.59 Å². The van der Waals surface area contributed by atoms with Crippen molar-refractivity contribution in [1.82, 2.24) is 20.9 Å². The zero-order valence-electron chi connectivity index (χ0n) is 10.2. The number of thiazole rings is 1. The summed E-state index contributed by atoms with van der Waals surface area (Å²) in [7, 11) is 0. The first kappa shape index (κ1) is 13.0. The van der Waals surface area contributed by atoms with Gasteiger partial charge in [0.1, 0.15) is 6.04 Å². The largest absolute Gasteiger partial charge is 0.354 e. The number of hydrogen-bond donors (Lipinski definition) is 3. The van der Waals surface area contributed by atoms with E-state index in [1.54, 1.807) is 11.3 Å². The van der Waals surface area contributed by atoms with Gasteiger partial charge in [-0.2, -0.15) is 0 Å². The van der Waals surface area contributed by atoms with Crippen LogP contribution in [0.4, 0.5) is 0 Å². The molecule has 1 saturated heterocycles. The fourth-order valence-electron chi connectivity index (χ4n) is 1.69. The first-order chi connectivity index (χ1) is 8.65. The van der Waals surface area contributed by atoms with Crippen molar-refractivity contribution >= 4 is 23.2 Å². The quantitative estimate of drug-likeness (QED) is 0.667. The minimum Gasteiger partial charge on any atom is -0.354 e. The highest BCUT2D eigenvalue weighted by Gasteiger charge is 2.23. The number of nitrogens with one attached hydrogen (secondary N) is 3. The van der Waals surface area contributed by atoms with Crippen molar-refractivity contribution in [1.29, 1.82) is 0 Å². The molecule has 0 saturated carbocycles. The molecule has 0 radical (unpaired) electrons.